The van der Waals surface area contributed by atoms with Crippen LogP contribution in [-0.4, -0.2) is 48.2 Å². The fourth-order valence-corrected chi connectivity index (χ4v) is 3.01. The van der Waals surface area contributed by atoms with Crippen LogP contribution < -0.4 is 5.32 Å². The zero-order valence-corrected chi connectivity index (χ0v) is 10.7. The smallest absolute Gasteiger partial charge is 0.222 e. The van der Waals surface area contributed by atoms with Crippen molar-refractivity contribution < 1.29 is 9.90 Å². The van der Waals surface area contributed by atoms with Gasteiger partial charge in [-0.05, 0) is 18.8 Å². The largest absolute Gasteiger partial charge is 0.390 e. The number of likely N-dealkylation sites (N-methyl/N-ethyl adjacent to an activating group) is 1. The van der Waals surface area contributed by atoms with E-state index in [0.717, 1.165) is 0 Å². The second kappa shape index (κ2) is 5.83. The van der Waals surface area contributed by atoms with Crippen molar-refractivity contribution in [2.45, 2.75) is 50.7 Å². The van der Waals surface area contributed by atoms with Crippen molar-refractivity contribution in [2.24, 2.45) is 5.92 Å². The van der Waals surface area contributed by atoms with Crippen LogP contribution in [0.3, 0.4) is 0 Å². The number of rotatable bonds is 3. The summed E-state index contributed by atoms with van der Waals surface area (Å²) in [6, 6.07) is -0.0360. The lowest BCUT2D eigenvalue weighted by Gasteiger charge is -2.29. The molecule has 0 unspecified atom stereocenters. The monoisotopic (exact) mass is 240 g/mol. The number of amides is 1. The van der Waals surface area contributed by atoms with E-state index >= 15 is 0 Å². The second-order valence-corrected chi connectivity index (χ2v) is 5.51. The molecule has 1 saturated carbocycles. The molecule has 1 heterocycles. The van der Waals surface area contributed by atoms with E-state index in [4.69, 9.17) is 0 Å². The van der Waals surface area contributed by atoms with Gasteiger partial charge in [-0.2, -0.15) is 0 Å². The number of aliphatic hydroxyl groups is 1. The van der Waals surface area contributed by atoms with Crippen LogP contribution in [-0.2, 0) is 4.79 Å². The van der Waals surface area contributed by atoms with E-state index in [1.807, 2.05) is 7.05 Å². The minimum atomic E-state index is -0.407. The zero-order valence-electron chi connectivity index (χ0n) is 10.7. The van der Waals surface area contributed by atoms with Gasteiger partial charge in [-0.15, -0.1) is 0 Å². The Labute approximate surface area is 103 Å². The van der Waals surface area contributed by atoms with Gasteiger partial charge in [-0.3, -0.25) is 4.79 Å². The van der Waals surface area contributed by atoms with Crippen molar-refractivity contribution in [1.29, 1.82) is 0 Å². The lowest BCUT2D eigenvalue weighted by molar-refractivity contribution is -0.134. The van der Waals surface area contributed by atoms with Crippen LogP contribution in [0, 0.1) is 5.92 Å². The molecule has 0 aromatic carbocycles. The Hall–Kier alpha value is -0.610. The van der Waals surface area contributed by atoms with Gasteiger partial charge in [0, 0.05) is 26.6 Å². The molecular weight excluding hydrogens is 216 g/mol. The van der Waals surface area contributed by atoms with Crippen LogP contribution in [0.4, 0.5) is 0 Å². The maximum atomic E-state index is 12.1. The number of carbonyl (C=O) groups excluding carboxylic acids is 1. The van der Waals surface area contributed by atoms with Gasteiger partial charge in [0.05, 0.1) is 12.1 Å². The van der Waals surface area contributed by atoms with Crippen molar-refractivity contribution in [3.05, 3.63) is 0 Å². The molecule has 2 aliphatic rings. The summed E-state index contributed by atoms with van der Waals surface area (Å²) in [5.74, 6) is 0.773. The lowest BCUT2D eigenvalue weighted by atomic mass is 9.86. The average Bonchev–Trinajstić information content (AvgIpc) is 2.76. The molecule has 1 saturated heterocycles. The van der Waals surface area contributed by atoms with E-state index < -0.39 is 6.10 Å². The summed E-state index contributed by atoms with van der Waals surface area (Å²) >= 11 is 0. The van der Waals surface area contributed by atoms with E-state index in [9.17, 15) is 9.90 Å². The molecule has 1 aliphatic heterocycles. The molecule has 2 N–H and O–H groups in total. The fraction of sp³-hybridized carbons (Fsp3) is 0.923. The standard InChI is InChI=1S/C13H24N2O2/c1-15(11-8-14-9-12(11)16)13(17)7-10-5-3-2-4-6-10/h10-12,14,16H,2-9H2,1H3/t11-,12-/m1/s1. The molecule has 0 radical (unpaired) electrons. The highest BCUT2D eigenvalue weighted by molar-refractivity contribution is 5.76. The first kappa shape index (κ1) is 12.8. The average molecular weight is 240 g/mol. The van der Waals surface area contributed by atoms with Crippen LogP contribution in [0.15, 0.2) is 0 Å². The summed E-state index contributed by atoms with van der Waals surface area (Å²) in [6.45, 7) is 1.32. The highest BCUT2D eigenvalue weighted by Gasteiger charge is 2.31. The molecule has 0 aromatic rings. The predicted octanol–water partition coefficient (Wildman–Crippen LogP) is 0.748. The number of aliphatic hydroxyl groups excluding tert-OH is 1. The van der Waals surface area contributed by atoms with Crippen LogP contribution in [0.5, 0.6) is 0 Å². The number of β-amino-alcohol motifs (C(OH)–C–C–N with tert-alkyl or cyclic N) is 1. The van der Waals surface area contributed by atoms with Crippen molar-refractivity contribution >= 4 is 5.91 Å². The van der Waals surface area contributed by atoms with Gasteiger partial charge in [-0.1, -0.05) is 19.3 Å². The zero-order chi connectivity index (χ0) is 12.3. The number of nitrogens with one attached hydrogen (secondary N) is 1. The number of hydrogen-bond donors (Lipinski definition) is 2. The summed E-state index contributed by atoms with van der Waals surface area (Å²) in [5.41, 5.74) is 0. The lowest BCUT2D eigenvalue weighted by Crippen LogP contribution is -2.44. The molecule has 1 aliphatic carbocycles. The van der Waals surface area contributed by atoms with Crippen LogP contribution in [0.2, 0.25) is 0 Å². The van der Waals surface area contributed by atoms with Gasteiger partial charge in [0.2, 0.25) is 5.91 Å². The minimum absolute atomic E-state index is 0.0360. The van der Waals surface area contributed by atoms with E-state index in [1.54, 1.807) is 4.90 Å². The molecule has 1 amide bonds. The molecule has 2 fully saturated rings. The first-order valence-electron chi connectivity index (χ1n) is 6.83. The molecule has 4 nitrogen and oxygen atoms in total. The maximum absolute atomic E-state index is 12.1. The maximum Gasteiger partial charge on any atom is 0.222 e. The topological polar surface area (TPSA) is 52.6 Å². The van der Waals surface area contributed by atoms with Crippen molar-refractivity contribution in [2.75, 3.05) is 20.1 Å². The minimum Gasteiger partial charge on any atom is -0.390 e. The molecule has 0 spiro atoms. The van der Waals surface area contributed by atoms with Gasteiger partial charge in [-0.25, -0.2) is 0 Å². The first-order chi connectivity index (χ1) is 8.18. The molecule has 17 heavy (non-hydrogen) atoms. The van der Waals surface area contributed by atoms with Gasteiger partial charge < -0.3 is 15.3 Å². The Balaban J connectivity index is 1.81. The number of hydrogen-bond acceptors (Lipinski definition) is 3. The van der Waals surface area contributed by atoms with Gasteiger partial charge in [0.15, 0.2) is 0 Å². The molecule has 98 valence electrons. The van der Waals surface area contributed by atoms with Crippen molar-refractivity contribution in [3.63, 3.8) is 0 Å². The SMILES string of the molecule is CN(C(=O)CC1CCCCC1)[C@@H]1CNC[C@H]1O. The molecule has 2 rings (SSSR count). The molecule has 0 bridgehead atoms. The predicted molar refractivity (Wildman–Crippen MR) is 66.6 cm³/mol. The van der Waals surface area contributed by atoms with Crippen LogP contribution in [0.1, 0.15) is 38.5 Å². The van der Waals surface area contributed by atoms with Gasteiger partial charge >= 0.3 is 0 Å². The normalized spacial score (nSPS) is 30.5. The summed E-state index contributed by atoms with van der Waals surface area (Å²) in [4.78, 5) is 13.9. The van der Waals surface area contributed by atoms with E-state index in [1.165, 1.54) is 32.1 Å². The van der Waals surface area contributed by atoms with Crippen LogP contribution >= 0.6 is 0 Å². The Morgan fingerprint density at radius 2 is 2.00 bits per heavy atom. The third kappa shape index (κ3) is 3.19. The third-order valence-electron chi connectivity index (χ3n) is 4.23. The summed E-state index contributed by atoms with van der Waals surface area (Å²) in [5, 5.41) is 12.9. The van der Waals surface area contributed by atoms with Crippen molar-refractivity contribution in [1.82, 2.24) is 10.2 Å². The molecule has 4 heteroatoms. The third-order valence-corrected chi connectivity index (χ3v) is 4.23. The molecule has 2 atom stereocenters. The Morgan fingerprint density at radius 1 is 1.29 bits per heavy atom. The van der Waals surface area contributed by atoms with Crippen LogP contribution in [0.25, 0.3) is 0 Å². The summed E-state index contributed by atoms with van der Waals surface area (Å²) in [6.07, 6.45) is 6.53. The Morgan fingerprint density at radius 3 is 2.59 bits per heavy atom. The Bertz CT molecular complexity index is 264. The highest BCUT2D eigenvalue weighted by Crippen LogP contribution is 2.27. The van der Waals surface area contributed by atoms with Crippen molar-refractivity contribution in [3.8, 4) is 0 Å². The van der Waals surface area contributed by atoms with E-state index in [-0.39, 0.29) is 11.9 Å². The summed E-state index contributed by atoms with van der Waals surface area (Å²) < 4.78 is 0. The number of nitrogens with zero attached hydrogens (tertiary/aromatic N) is 1. The van der Waals surface area contributed by atoms with Gasteiger partial charge in [0.25, 0.3) is 0 Å². The van der Waals surface area contributed by atoms with E-state index in [2.05, 4.69) is 5.32 Å². The first-order valence-corrected chi connectivity index (χ1v) is 6.83. The number of carbonyl (C=O) groups is 1. The fourth-order valence-electron chi connectivity index (χ4n) is 3.01. The summed E-state index contributed by atoms with van der Waals surface area (Å²) in [7, 11) is 1.83. The Kier molecular flexibility index (Phi) is 4.40. The quantitative estimate of drug-likeness (QED) is 0.765. The van der Waals surface area contributed by atoms with Gasteiger partial charge in [0.1, 0.15) is 0 Å². The molecular formula is C13H24N2O2. The van der Waals surface area contributed by atoms with E-state index in [0.29, 0.717) is 25.4 Å². The highest BCUT2D eigenvalue weighted by atomic mass is 16.3. The second-order valence-electron chi connectivity index (χ2n) is 5.51. The molecule has 0 aromatic heterocycles.